The molecule has 10 heteroatoms. The van der Waals surface area contributed by atoms with Gasteiger partial charge in [0.2, 0.25) is 0 Å². The SMILES string of the molecule is COc1cc(N(NS(=O)(=O)c2ccc(C)cc2)C(N)=S)c(OC)cc1Cl. The topological polar surface area (TPSA) is 93.9 Å². The number of benzene rings is 2. The Kier molecular flexibility index (Phi) is 6.30. The molecule has 0 saturated heterocycles. The summed E-state index contributed by atoms with van der Waals surface area (Å²) in [5, 5.41) is 1.07. The lowest BCUT2D eigenvalue weighted by molar-refractivity contribution is 0.403. The summed E-state index contributed by atoms with van der Waals surface area (Å²) in [5.41, 5.74) is 6.90. The number of sulfonamides is 1. The Balaban J connectivity index is 2.50. The highest BCUT2D eigenvalue weighted by molar-refractivity contribution is 7.89. The number of halogens is 1. The lowest BCUT2D eigenvalue weighted by Gasteiger charge is -2.25. The third kappa shape index (κ3) is 4.36. The molecular formula is C16H18ClN3O4S2. The van der Waals surface area contributed by atoms with Crippen molar-refractivity contribution in [3.8, 4) is 11.5 Å². The molecule has 0 heterocycles. The summed E-state index contributed by atoms with van der Waals surface area (Å²) in [6.45, 7) is 1.86. The lowest BCUT2D eigenvalue weighted by Crippen LogP contribution is -2.49. The molecule has 2 rings (SSSR count). The fourth-order valence-electron chi connectivity index (χ4n) is 2.12. The van der Waals surface area contributed by atoms with Crippen LogP contribution in [0.1, 0.15) is 5.56 Å². The summed E-state index contributed by atoms with van der Waals surface area (Å²) in [6.07, 6.45) is 0. The number of hydrogen-bond acceptors (Lipinski definition) is 5. The maximum Gasteiger partial charge on any atom is 0.257 e. The minimum atomic E-state index is -3.95. The highest BCUT2D eigenvalue weighted by atomic mass is 35.5. The van der Waals surface area contributed by atoms with Crippen LogP contribution in [-0.4, -0.2) is 27.7 Å². The van der Waals surface area contributed by atoms with Crippen molar-refractivity contribution in [3.63, 3.8) is 0 Å². The Hall–Kier alpha value is -2.07. The number of rotatable bonds is 6. The molecule has 140 valence electrons. The van der Waals surface area contributed by atoms with Crippen LogP contribution in [0.15, 0.2) is 41.3 Å². The van der Waals surface area contributed by atoms with Crippen LogP contribution in [0, 0.1) is 6.92 Å². The third-order valence-electron chi connectivity index (χ3n) is 3.46. The molecule has 0 radical (unpaired) electrons. The summed E-state index contributed by atoms with van der Waals surface area (Å²) < 4.78 is 35.8. The van der Waals surface area contributed by atoms with Gasteiger partial charge >= 0.3 is 0 Å². The fourth-order valence-corrected chi connectivity index (χ4v) is 3.59. The summed E-state index contributed by atoms with van der Waals surface area (Å²) >= 11 is 11.1. The number of thiocarbonyl (C=S) groups is 1. The summed E-state index contributed by atoms with van der Waals surface area (Å²) in [5.74, 6) is 0.563. The van der Waals surface area contributed by atoms with Gasteiger partial charge in [-0.15, -0.1) is 4.83 Å². The monoisotopic (exact) mass is 415 g/mol. The van der Waals surface area contributed by atoms with Gasteiger partial charge in [0.05, 0.1) is 24.1 Å². The molecule has 0 aliphatic carbocycles. The van der Waals surface area contributed by atoms with Crippen molar-refractivity contribution in [2.45, 2.75) is 11.8 Å². The average molecular weight is 416 g/mol. The van der Waals surface area contributed by atoms with Gasteiger partial charge in [-0.2, -0.15) is 0 Å². The summed E-state index contributed by atoms with van der Waals surface area (Å²) in [6, 6.07) is 9.28. The molecule has 0 aliphatic heterocycles. The van der Waals surface area contributed by atoms with Crippen LogP contribution in [0.25, 0.3) is 0 Å². The Morgan fingerprint density at radius 1 is 1.15 bits per heavy atom. The maximum absolute atomic E-state index is 12.7. The average Bonchev–Trinajstić information content (AvgIpc) is 2.59. The summed E-state index contributed by atoms with van der Waals surface area (Å²) in [4.78, 5) is 2.41. The zero-order valence-corrected chi connectivity index (χ0v) is 16.7. The van der Waals surface area contributed by atoms with Gasteiger partial charge in [-0.1, -0.05) is 29.3 Å². The van der Waals surface area contributed by atoms with E-state index in [1.54, 1.807) is 12.1 Å². The van der Waals surface area contributed by atoms with E-state index in [0.29, 0.717) is 5.75 Å². The number of hydrazine groups is 1. The molecule has 7 nitrogen and oxygen atoms in total. The molecule has 0 amide bonds. The van der Waals surface area contributed by atoms with Crippen LogP contribution in [0.4, 0.5) is 5.69 Å². The molecule has 26 heavy (non-hydrogen) atoms. The smallest absolute Gasteiger partial charge is 0.257 e. The second-order valence-electron chi connectivity index (χ2n) is 5.24. The minimum Gasteiger partial charge on any atom is -0.495 e. The zero-order valence-electron chi connectivity index (χ0n) is 14.3. The number of ether oxygens (including phenoxy) is 2. The van der Waals surface area contributed by atoms with Crippen molar-refractivity contribution in [3.05, 3.63) is 47.0 Å². The molecule has 0 aliphatic rings. The predicted octanol–water partition coefficient (Wildman–Crippen LogP) is 2.61. The quantitative estimate of drug-likeness (QED) is 0.553. The van der Waals surface area contributed by atoms with Crippen LogP contribution in [0.2, 0.25) is 5.02 Å². The predicted molar refractivity (Wildman–Crippen MR) is 105 cm³/mol. The van der Waals surface area contributed by atoms with Gasteiger partial charge in [-0.05, 0) is 31.3 Å². The standard InChI is InChI=1S/C16H18ClN3O4S2/c1-10-4-6-11(7-5-10)26(21,22)19-20(16(18)25)13-9-14(23-2)12(17)8-15(13)24-3/h4-9,19H,1-3H3,(H2,18,25). The largest absolute Gasteiger partial charge is 0.495 e. The van der Waals surface area contributed by atoms with Crippen molar-refractivity contribution < 1.29 is 17.9 Å². The van der Waals surface area contributed by atoms with Crippen LogP contribution in [0.3, 0.4) is 0 Å². The molecule has 0 saturated carbocycles. The van der Waals surface area contributed by atoms with Gasteiger partial charge in [0.25, 0.3) is 10.0 Å². The van der Waals surface area contributed by atoms with Crippen molar-refractivity contribution in [2.75, 3.05) is 19.2 Å². The number of nitrogens with two attached hydrogens (primary N) is 1. The van der Waals surface area contributed by atoms with E-state index in [1.807, 2.05) is 6.92 Å². The maximum atomic E-state index is 12.7. The molecular weight excluding hydrogens is 398 g/mol. The number of aryl methyl sites for hydroxylation is 1. The number of nitrogens with zero attached hydrogens (tertiary/aromatic N) is 1. The molecule has 2 aromatic carbocycles. The number of nitrogens with one attached hydrogen (secondary N) is 1. The normalized spacial score (nSPS) is 11.1. The highest BCUT2D eigenvalue weighted by Crippen LogP contribution is 2.37. The Morgan fingerprint density at radius 3 is 2.23 bits per heavy atom. The first-order valence-corrected chi connectivity index (χ1v) is 9.56. The van der Waals surface area contributed by atoms with Crippen molar-refractivity contribution in [1.29, 1.82) is 0 Å². The fraction of sp³-hybridized carbons (Fsp3) is 0.188. The van der Waals surface area contributed by atoms with Crippen molar-refractivity contribution in [2.24, 2.45) is 5.73 Å². The lowest BCUT2D eigenvalue weighted by atomic mass is 10.2. The second kappa shape index (κ2) is 8.09. The first kappa shape index (κ1) is 20.2. The first-order chi connectivity index (χ1) is 12.2. The molecule has 0 unspecified atom stereocenters. The van der Waals surface area contributed by atoms with E-state index in [2.05, 4.69) is 4.83 Å². The molecule has 0 aromatic heterocycles. The zero-order chi connectivity index (χ0) is 19.5. The molecule has 0 spiro atoms. The number of hydrogen-bond donors (Lipinski definition) is 2. The van der Waals surface area contributed by atoms with Gasteiger partial charge in [0.15, 0.2) is 5.11 Å². The van der Waals surface area contributed by atoms with Crippen LogP contribution in [0.5, 0.6) is 11.5 Å². The third-order valence-corrected chi connectivity index (χ3v) is 5.25. The summed E-state index contributed by atoms with van der Waals surface area (Å²) in [7, 11) is -1.10. The van der Waals surface area contributed by atoms with Crippen LogP contribution >= 0.6 is 23.8 Å². The minimum absolute atomic E-state index is 0.0595. The van der Waals surface area contributed by atoms with E-state index in [4.69, 9.17) is 39.0 Å². The van der Waals surface area contributed by atoms with Crippen LogP contribution in [-0.2, 0) is 10.0 Å². The second-order valence-corrected chi connectivity index (χ2v) is 7.73. The van der Waals surface area contributed by atoms with Gasteiger partial charge in [0, 0.05) is 12.1 Å². The van der Waals surface area contributed by atoms with Gasteiger partial charge in [0.1, 0.15) is 17.2 Å². The highest BCUT2D eigenvalue weighted by Gasteiger charge is 2.24. The molecule has 0 bridgehead atoms. The van der Waals surface area contributed by atoms with E-state index < -0.39 is 10.0 Å². The molecule has 3 N–H and O–H groups in total. The van der Waals surface area contributed by atoms with E-state index in [0.717, 1.165) is 10.6 Å². The Morgan fingerprint density at radius 2 is 1.73 bits per heavy atom. The molecule has 2 aromatic rings. The van der Waals surface area contributed by atoms with E-state index >= 15 is 0 Å². The first-order valence-electron chi connectivity index (χ1n) is 7.29. The number of anilines is 1. The Labute approximate surface area is 162 Å². The Bertz CT molecular complexity index is 918. The molecule has 0 atom stereocenters. The van der Waals surface area contributed by atoms with Crippen molar-refractivity contribution in [1.82, 2.24) is 4.83 Å². The van der Waals surface area contributed by atoms with Crippen molar-refractivity contribution >= 4 is 44.6 Å². The van der Waals surface area contributed by atoms with Gasteiger partial charge in [-0.3, -0.25) is 0 Å². The van der Waals surface area contributed by atoms with Gasteiger partial charge in [-0.25, -0.2) is 13.4 Å². The van der Waals surface area contributed by atoms with E-state index in [-0.39, 0.29) is 26.5 Å². The van der Waals surface area contributed by atoms with Crippen LogP contribution < -0.4 is 25.0 Å². The molecule has 0 fully saturated rings. The van der Waals surface area contributed by atoms with Gasteiger partial charge < -0.3 is 15.2 Å². The van der Waals surface area contributed by atoms with E-state index in [9.17, 15) is 8.42 Å². The van der Waals surface area contributed by atoms with E-state index in [1.165, 1.54) is 38.5 Å². The number of methoxy groups -OCH3 is 2.